The fourth-order valence-electron chi connectivity index (χ4n) is 0.120. The van der Waals surface area contributed by atoms with Gasteiger partial charge in [-0.25, -0.2) is 0 Å². The van der Waals surface area contributed by atoms with Crippen LogP contribution in [-0.2, 0) is 0 Å². The highest BCUT2D eigenvalue weighted by atomic mass is 79.9. The molecule has 0 aromatic carbocycles. The SMILES string of the molecule is OCCCBr.OCCCBr. The second kappa shape index (κ2) is 16.5. The van der Waals surface area contributed by atoms with E-state index in [2.05, 4.69) is 31.9 Å². The second-order valence-electron chi connectivity index (χ2n) is 1.53. The maximum Gasteiger partial charge on any atom is 0.0438 e. The van der Waals surface area contributed by atoms with Gasteiger partial charge in [0.1, 0.15) is 0 Å². The molecule has 0 amide bonds. The fourth-order valence-corrected chi connectivity index (χ4v) is 0.621. The molecule has 0 radical (unpaired) electrons. The molecule has 2 nitrogen and oxygen atoms in total. The minimum absolute atomic E-state index is 0.297. The first-order valence-corrected chi connectivity index (χ1v) is 5.41. The van der Waals surface area contributed by atoms with Gasteiger partial charge in [0.2, 0.25) is 0 Å². The Balaban J connectivity index is 0. The average molecular weight is 278 g/mol. The molecule has 0 fully saturated rings. The lowest BCUT2D eigenvalue weighted by Crippen LogP contribution is -1.78. The van der Waals surface area contributed by atoms with Gasteiger partial charge in [0.05, 0.1) is 0 Å². The third-order valence-corrected chi connectivity index (χ3v) is 1.70. The summed E-state index contributed by atoms with van der Waals surface area (Å²) < 4.78 is 0. The maximum absolute atomic E-state index is 8.04. The normalized spacial score (nSPS) is 8.40. The number of hydrogen-bond donors (Lipinski definition) is 2. The quantitative estimate of drug-likeness (QED) is 0.765. The summed E-state index contributed by atoms with van der Waals surface area (Å²) in [5.74, 6) is 0. The Hall–Kier alpha value is 0.880. The summed E-state index contributed by atoms with van der Waals surface area (Å²) in [6, 6.07) is 0. The Morgan fingerprint density at radius 1 is 0.800 bits per heavy atom. The lowest BCUT2D eigenvalue weighted by molar-refractivity contribution is 0.296. The predicted octanol–water partition coefficient (Wildman–Crippen LogP) is 1.53. The van der Waals surface area contributed by atoms with Crippen molar-refractivity contribution >= 4 is 31.9 Å². The molecule has 0 unspecified atom stereocenters. The van der Waals surface area contributed by atoms with Crippen LogP contribution in [0.15, 0.2) is 0 Å². The standard InChI is InChI=1S/2C3H7BrO/c2*4-2-1-3-5/h2*5H,1-3H2. The third-order valence-electron chi connectivity index (χ3n) is 0.583. The molecule has 0 aromatic heterocycles. The van der Waals surface area contributed by atoms with E-state index < -0.39 is 0 Å². The molecular formula is C6H14Br2O2. The number of aliphatic hydroxyl groups is 2. The van der Waals surface area contributed by atoms with Crippen molar-refractivity contribution < 1.29 is 10.2 Å². The van der Waals surface area contributed by atoms with E-state index in [-0.39, 0.29) is 0 Å². The highest BCUT2D eigenvalue weighted by Gasteiger charge is 1.71. The van der Waals surface area contributed by atoms with Gasteiger partial charge in [-0.05, 0) is 12.8 Å². The number of alkyl halides is 2. The molecule has 0 saturated heterocycles. The number of hydrogen-bond acceptors (Lipinski definition) is 2. The van der Waals surface area contributed by atoms with E-state index in [9.17, 15) is 0 Å². The number of rotatable bonds is 4. The molecular weight excluding hydrogens is 264 g/mol. The minimum Gasteiger partial charge on any atom is -0.396 e. The average Bonchev–Trinajstić information content (AvgIpc) is 1.93. The van der Waals surface area contributed by atoms with Gasteiger partial charge in [-0.3, -0.25) is 0 Å². The van der Waals surface area contributed by atoms with Crippen LogP contribution in [-0.4, -0.2) is 34.1 Å². The summed E-state index contributed by atoms with van der Waals surface area (Å²) in [6.07, 6.45) is 1.72. The molecule has 4 heteroatoms. The Bertz CT molecular complexity index is 34.7. The minimum atomic E-state index is 0.297. The van der Waals surface area contributed by atoms with Gasteiger partial charge in [0.15, 0.2) is 0 Å². The van der Waals surface area contributed by atoms with Crippen molar-refractivity contribution in [1.82, 2.24) is 0 Å². The van der Waals surface area contributed by atoms with E-state index in [4.69, 9.17) is 10.2 Å². The van der Waals surface area contributed by atoms with Crippen molar-refractivity contribution in [2.24, 2.45) is 0 Å². The van der Waals surface area contributed by atoms with Crippen LogP contribution in [0.5, 0.6) is 0 Å². The second-order valence-corrected chi connectivity index (χ2v) is 3.12. The van der Waals surface area contributed by atoms with E-state index >= 15 is 0 Å². The van der Waals surface area contributed by atoms with E-state index in [0.717, 1.165) is 23.5 Å². The highest BCUT2D eigenvalue weighted by molar-refractivity contribution is 9.09. The maximum atomic E-state index is 8.04. The topological polar surface area (TPSA) is 40.5 Å². The lowest BCUT2D eigenvalue weighted by atomic mass is 10.5. The van der Waals surface area contributed by atoms with Crippen LogP contribution in [0, 0.1) is 0 Å². The van der Waals surface area contributed by atoms with Gasteiger partial charge in [-0.1, -0.05) is 31.9 Å². The fraction of sp³-hybridized carbons (Fsp3) is 1.00. The van der Waals surface area contributed by atoms with Crippen molar-refractivity contribution in [1.29, 1.82) is 0 Å². The first-order chi connectivity index (χ1) is 4.83. The first kappa shape index (κ1) is 13.5. The van der Waals surface area contributed by atoms with Crippen molar-refractivity contribution in [2.75, 3.05) is 23.9 Å². The zero-order valence-electron chi connectivity index (χ0n) is 5.89. The molecule has 10 heavy (non-hydrogen) atoms. The summed E-state index contributed by atoms with van der Waals surface area (Å²) in [4.78, 5) is 0. The molecule has 0 aromatic rings. The molecule has 0 aliphatic carbocycles. The molecule has 0 bridgehead atoms. The van der Waals surface area contributed by atoms with Gasteiger partial charge in [-0.15, -0.1) is 0 Å². The smallest absolute Gasteiger partial charge is 0.0438 e. The Labute approximate surface area is 78.9 Å². The monoisotopic (exact) mass is 276 g/mol. The largest absolute Gasteiger partial charge is 0.396 e. The van der Waals surface area contributed by atoms with Crippen LogP contribution >= 0.6 is 31.9 Å². The van der Waals surface area contributed by atoms with Gasteiger partial charge >= 0.3 is 0 Å². The van der Waals surface area contributed by atoms with Gasteiger partial charge in [0.25, 0.3) is 0 Å². The Morgan fingerprint density at radius 3 is 1.10 bits per heavy atom. The molecule has 2 N–H and O–H groups in total. The van der Waals surface area contributed by atoms with Crippen molar-refractivity contribution in [3.05, 3.63) is 0 Å². The summed E-state index contributed by atoms with van der Waals surface area (Å²) in [7, 11) is 0. The zero-order chi connectivity index (χ0) is 8.24. The number of halogens is 2. The van der Waals surface area contributed by atoms with Crippen molar-refractivity contribution in [3.63, 3.8) is 0 Å². The summed E-state index contributed by atoms with van der Waals surface area (Å²) in [6.45, 7) is 0.594. The molecule has 0 spiro atoms. The van der Waals surface area contributed by atoms with E-state index in [1.807, 2.05) is 0 Å². The Kier molecular flexibility index (Phi) is 22.2. The van der Waals surface area contributed by atoms with Crippen LogP contribution < -0.4 is 0 Å². The zero-order valence-corrected chi connectivity index (χ0v) is 9.06. The van der Waals surface area contributed by atoms with E-state index in [1.54, 1.807) is 0 Å². The molecule has 0 atom stereocenters. The first-order valence-electron chi connectivity index (χ1n) is 3.17. The molecule has 0 aliphatic rings. The van der Waals surface area contributed by atoms with Crippen molar-refractivity contribution in [2.45, 2.75) is 12.8 Å². The van der Waals surface area contributed by atoms with Crippen LogP contribution in [0.3, 0.4) is 0 Å². The third kappa shape index (κ3) is 23.2. The van der Waals surface area contributed by atoms with Crippen molar-refractivity contribution in [3.8, 4) is 0 Å². The van der Waals surface area contributed by atoms with E-state index in [1.165, 1.54) is 0 Å². The molecule has 0 saturated carbocycles. The van der Waals surface area contributed by atoms with Gasteiger partial charge in [-0.2, -0.15) is 0 Å². The summed E-state index contributed by atoms with van der Waals surface area (Å²) >= 11 is 6.30. The molecule has 0 rings (SSSR count). The summed E-state index contributed by atoms with van der Waals surface area (Å²) in [5.41, 5.74) is 0. The van der Waals surface area contributed by atoms with E-state index in [0.29, 0.717) is 13.2 Å². The lowest BCUT2D eigenvalue weighted by Gasteiger charge is -1.78. The molecule has 64 valence electrons. The van der Waals surface area contributed by atoms with Crippen LogP contribution in [0.25, 0.3) is 0 Å². The Morgan fingerprint density at radius 2 is 1.10 bits per heavy atom. The molecule has 0 aliphatic heterocycles. The van der Waals surface area contributed by atoms with Crippen LogP contribution in [0.2, 0.25) is 0 Å². The van der Waals surface area contributed by atoms with Crippen LogP contribution in [0.1, 0.15) is 12.8 Å². The van der Waals surface area contributed by atoms with Gasteiger partial charge in [0, 0.05) is 23.9 Å². The summed E-state index contributed by atoms with van der Waals surface area (Å²) in [5, 5.41) is 17.9. The van der Waals surface area contributed by atoms with Gasteiger partial charge < -0.3 is 10.2 Å². The number of aliphatic hydroxyl groups excluding tert-OH is 2. The highest BCUT2D eigenvalue weighted by Crippen LogP contribution is 1.82. The molecule has 0 heterocycles. The predicted molar refractivity (Wildman–Crippen MR) is 51.0 cm³/mol. The van der Waals surface area contributed by atoms with Crippen LogP contribution in [0.4, 0.5) is 0 Å².